The number of aliphatic hydroxyl groups is 4. The SMILES string of the molecule is C=C.CCOC(=O)/C=C/c1cc2ccc(CO)cc2c2cc(CO)c(OC)cc12.COc1cc2c(C=O)cc3ccc(CO)cc3c2cc1CO. The highest BCUT2D eigenvalue weighted by Crippen LogP contribution is 2.36. The molecule has 9 heteroatoms. The van der Waals surface area contributed by atoms with Crippen LogP contribution in [0.1, 0.15) is 45.1 Å². The van der Waals surface area contributed by atoms with Crippen LogP contribution in [0.15, 0.2) is 92.0 Å². The summed E-state index contributed by atoms with van der Waals surface area (Å²) >= 11 is 0. The standard InChI is InChI=1S/C22H22O5.C18H16O4.C2H4/c1-3-27-22(25)7-6-16-9-15-5-4-14(12-23)8-18(15)20-10-17(13-24)21(26-2)11-19(16)20;1-22-18-7-16-13(9-20)5-12-3-2-11(8-19)4-15(12)17(16)6-14(18)10-21;1-2/h4-11,23-24H,3,12-13H2,1-2H3;2-7,9,19,21H,8,10H2,1H3;1-2H2/b7-6+;;. The minimum atomic E-state index is -0.402. The van der Waals surface area contributed by atoms with Crippen molar-refractivity contribution in [1.29, 1.82) is 0 Å². The van der Waals surface area contributed by atoms with Crippen molar-refractivity contribution in [2.45, 2.75) is 33.4 Å². The van der Waals surface area contributed by atoms with E-state index in [0.717, 1.165) is 66.1 Å². The Kier molecular flexibility index (Phi) is 13.4. The van der Waals surface area contributed by atoms with Crippen LogP contribution >= 0.6 is 0 Å². The molecule has 9 nitrogen and oxygen atoms in total. The maximum absolute atomic E-state index is 11.7. The Hall–Kier alpha value is -5.58. The lowest BCUT2D eigenvalue weighted by atomic mass is 9.94. The highest BCUT2D eigenvalue weighted by molar-refractivity contribution is 6.14. The average Bonchev–Trinajstić information content (AvgIpc) is 3.19. The van der Waals surface area contributed by atoms with E-state index in [1.807, 2.05) is 66.7 Å². The number of hydrogen-bond acceptors (Lipinski definition) is 9. The van der Waals surface area contributed by atoms with Crippen molar-refractivity contribution in [3.63, 3.8) is 0 Å². The van der Waals surface area contributed by atoms with Crippen molar-refractivity contribution in [1.82, 2.24) is 0 Å². The fraction of sp³-hybridized carbons (Fsp3) is 0.190. The lowest BCUT2D eigenvalue weighted by Crippen LogP contribution is -1.99. The van der Waals surface area contributed by atoms with Gasteiger partial charge in [0.05, 0.1) is 47.3 Å². The molecule has 0 fully saturated rings. The van der Waals surface area contributed by atoms with E-state index in [0.29, 0.717) is 34.8 Å². The first kappa shape index (κ1) is 38.2. The van der Waals surface area contributed by atoms with Crippen LogP contribution in [0.4, 0.5) is 0 Å². The minimum absolute atomic E-state index is 0.0458. The number of aldehydes is 1. The molecule has 6 aromatic carbocycles. The number of carbonyl (C=O) groups is 2. The predicted octanol–water partition coefficient (Wildman–Crippen LogP) is 7.16. The molecule has 0 amide bonds. The van der Waals surface area contributed by atoms with Crippen LogP contribution in [-0.4, -0.2) is 53.5 Å². The Labute approximate surface area is 296 Å². The van der Waals surface area contributed by atoms with Gasteiger partial charge in [0, 0.05) is 22.8 Å². The summed E-state index contributed by atoms with van der Waals surface area (Å²) in [6.07, 6.45) is 3.94. The largest absolute Gasteiger partial charge is 0.496 e. The molecular weight excluding hydrogens is 648 g/mol. The fourth-order valence-electron chi connectivity index (χ4n) is 6.00. The third kappa shape index (κ3) is 8.25. The normalized spacial score (nSPS) is 10.9. The highest BCUT2D eigenvalue weighted by Gasteiger charge is 2.13. The molecule has 0 spiro atoms. The van der Waals surface area contributed by atoms with E-state index in [-0.39, 0.29) is 26.4 Å². The summed E-state index contributed by atoms with van der Waals surface area (Å²) < 4.78 is 15.7. The number of esters is 1. The molecule has 264 valence electrons. The molecule has 0 bridgehead atoms. The molecule has 0 aliphatic carbocycles. The smallest absolute Gasteiger partial charge is 0.330 e. The van der Waals surface area contributed by atoms with Gasteiger partial charge in [-0.2, -0.15) is 0 Å². The lowest BCUT2D eigenvalue weighted by molar-refractivity contribution is -0.137. The van der Waals surface area contributed by atoms with Crippen molar-refractivity contribution < 1.29 is 44.2 Å². The summed E-state index contributed by atoms with van der Waals surface area (Å²) in [6.45, 7) is 7.69. The van der Waals surface area contributed by atoms with E-state index in [4.69, 9.17) is 14.2 Å². The summed E-state index contributed by atoms with van der Waals surface area (Å²) in [5.74, 6) is 0.726. The van der Waals surface area contributed by atoms with Crippen LogP contribution in [0.5, 0.6) is 11.5 Å². The van der Waals surface area contributed by atoms with Gasteiger partial charge in [-0.25, -0.2) is 4.79 Å². The molecule has 0 aliphatic rings. The quantitative estimate of drug-likeness (QED) is 0.0387. The van der Waals surface area contributed by atoms with Gasteiger partial charge < -0.3 is 34.6 Å². The lowest BCUT2D eigenvalue weighted by Gasteiger charge is -2.14. The zero-order chi connectivity index (χ0) is 37.1. The molecule has 0 radical (unpaired) electrons. The molecule has 0 aliphatic heterocycles. The maximum atomic E-state index is 11.7. The number of benzene rings is 6. The summed E-state index contributed by atoms with van der Waals surface area (Å²) in [5.41, 5.74) is 4.35. The number of ether oxygens (including phenoxy) is 3. The maximum Gasteiger partial charge on any atom is 0.330 e. The Morgan fingerprint density at radius 2 is 1.10 bits per heavy atom. The summed E-state index contributed by atoms with van der Waals surface area (Å²) in [5, 5.41) is 45.2. The number of aliphatic hydroxyl groups excluding tert-OH is 4. The van der Waals surface area contributed by atoms with Crippen molar-refractivity contribution in [2.75, 3.05) is 20.8 Å². The zero-order valence-corrected chi connectivity index (χ0v) is 28.9. The molecule has 0 heterocycles. The van der Waals surface area contributed by atoms with Crippen molar-refractivity contribution >= 4 is 61.4 Å². The van der Waals surface area contributed by atoms with Crippen molar-refractivity contribution in [3.8, 4) is 11.5 Å². The van der Waals surface area contributed by atoms with Gasteiger partial charge in [-0.05, 0) is 121 Å². The highest BCUT2D eigenvalue weighted by atomic mass is 16.5. The molecule has 51 heavy (non-hydrogen) atoms. The van der Waals surface area contributed by atoms with Gasteiger partial charge in [0.15, 0.2) is 6.29 Å². The number of hydrogen-bond donors (Lipinski definition) is 4. The first-order valence-corrected chi connectivity index (χ1v) is 16.2. The van der Waals surface area contributed by atoms with Gasteiger partial charge in [-0.3, -0.25) is 4.79 Å². The van der Waals surface area contributed by atoms with Gasteiger partial charge >= 0.3 is 5.97 Å². The van der Waals surface area contributed by atoms with Crippen LogP contribution < -0.4 is 9.47 Å². The second kappa shape index (κ2) is 17.9. The zero-order valence-electron chi connectivity index (χ0n) is 28.9. The molecule has 6 rings (SSSR count). The summed E-state index contributed by atoms with van der Waals surface area (Å²) in [4.78, 5) is 23.1. The second-order valence-corrected chi connectivity index (χ2v) is 11.3. The molecular formula is C42H42O9. The summed E-state index contributed by atoms with van der Waals surface area (Å²) in [7, 11) is 3.09. The minimum Gasteiger partial charge on any atom is -0.496 e. The molecule has 4 N–H and O–H groups in total. The fourth-order valence-corrected chi connectivity index (χ4v) is 6.00. The van der Waals surface area contributed by atoms with Gasteiger partial charge in [0.1, 0.15) is 11.5 Å². The monoisotopic (exact) mass is 690 g/mol. The molecule has 0 saturated carbocycles. The van der Waals surface area contributed by atoms with E-state index in [2.05, 4.69) is 13.2 Å². The topological polar surface area (TPSA) is 143 Å². The molecule has 0 aromatic heterocycles. The van der Waals surface area contributed by atoms with Crippen molar-refractivity contribution in [2.24, 2.45) is 0 Å². The van der Waals surface area contributed by atoms with Crippen LogP contribution in [0, 0.1) is 0 Å². The Balaban J connectivity index is 0.000000222. The number of carbonyl (C=O) groups excluding carboxylic acids is 2. The average molecular weight is 691 g/mol. The molecule has 6 aromatic rings. The van der Waals surface area contributed by atoms with E-state index in [1.54, 1.807) is 26.2 Å². The van der Waals surface area contributed by atoms with Gasteiger partial charge in [0.25, 0.3) is 0 Å². The van der Waals surface area contributed by atoms with Crippen LogP contribution in [0.3, 0.4) is 0 Å². The van der Waals surface area contributed by atoms with E-state index in [1.165, 1.54) is 13.2 Å². The first-order chi connectivity index (χ1) is 24.8. The number of fused-ring (bicyclic) bond motifs is 6. The van der Waals surface area contributed by atoms with Crippen LogP contribution in [0.25, 0.3) is 49.2 Å². The number of methoxy groups -OCH3 is 2. The number of rotatable bonds is 10. The molecule has 0 atom stereocenters. The molecule has 0 unspecified atom stereocenters. The predicted molar refractivity (Wildman–Crippen MR) is 202 cm³/mol. The first-order valence-electron chi connectivity index (χ1n) is 16.2. The third-order valence-electron chi connectivity index (χ3n) is 8.42. The van der Waals surface area contributed by atoms with Crippen LogP contribution in [0.2, 0.25) is 0 Å². The Bertz CT molecular complexity index is 2220. The second-order valence-electron chi connectivity index (χ2n) is 11.3. The van der Waals surface area contributed by atoms with E-state index >= 15 is 0 Å². The van der Waals surface area contributed by atoms with E-state index in [9.17, 15) is 30.0 Å². The van der Waals surface area contributed by atoms with Gasteiger partial charge in [-0.15, -0.1) is 13.2 Å². The van der Waals surface area contributed by atoms with Gasteiger partial charge in [-0.1, -0.05) is 24.3 Å². The van der Waals surface area contributed by atoms with Crippen molar-refractivity contribution in [3.05, 3.63) is 125 Å². The Morgan fingerprint density at radius 1 is 0.627 bits per heavy atom. The third-order valence-corrected chi connectivity index (χ3v) is 8.42. The molecule has 0 saturated heterocycles. The van der Waals surface area contributed by atoms with Crippen LogP contribution in [-0.2, 0) is 36.0 Å². The van der Waals surface area contributed by atoms with Gasteiger partial charge in [0.2, 0.25) is 0 Å². The van der Waals surface area contributed by atoms with E-state index < -0.39 is 5.97 Å². The summed E-state index contributed by atoms with van der Waals surface area (Å²) in [6, 6.07) is 22.5. The Morgan fingerprint density at radius 3 is 1.51 bits per heavy atom.